The van der Waals surface area contributed by atoms with Crippen LogP contribution in [0.3, 0.4) is 0 Å². The topological polar surface area (TPSA) is 29.9 Å². The standard InChI is InChI=1S/C14H17BrFN3/c1-3-6-19-9-10(8-18-19)14(17-2)12-7-11(16)4-5-13(12)15/h4-5,7-9,14,17H,3,6H2,1-2H3. The summed E-state index contributed by atoms with van der Waals surface area (Å²) in [6.07, 6.45) is 4.87. The lowest BCUT2D eigenvalue weighted by atomic mass is 10.0. The first-order chi connectivity index (χ1) is 9.15. The lowest BCUT2D eigenvalue weighted by Crippen LogP contribution is -2.18. The molecule has 0 radical (unpaired) electrons. The average molecular weight is 326 g/mol. The normalized spacial score (nSPS) is 12.6. The summed E-state index contributed by atoms with van der Waals surface area (Å²) in [6, 6.07) is 4.64. The summed E-state index contributed by atoms with van der Waals surface area (Å²) in [5.74, 6) is -0.237. The van der Waals surface area contributed by atoms with Crippen LogP contribution in [0.1, 0.15) is 30.5 Å². The van der Waals surface area contributed by atoms with Gasteiger partial charge in [-0.25, -0.2) is 4.39 Å². The van der Waals surface area contributed by atoms with Crippen LogP contribution in [0, 0.1) is 5.82 Å². The molecule has 0 aliphatic heterocycles. The fourth-order valence-corrected chi connectivity index (χ4v) is 2.59. The zero-order valence-electron chi connectivity index (χ0n) is 11.0. The molecule has 0 saturated carbocycles. The highest BCUT2D eigenvalue weighted by molar-refractivity contribution is 9.10. The monoisotopic (exact) mass is 325 g/mol. The number of benzene rings is 1. The van der Waals surface area contributed by atoms with E-state index in [1.54, 1.807) is 12.1 Å². The van der Waals surface area contributed by atoms with Gasteiger partial charge < -0.3 is 5.32 Å². The molecule has 1 atom stereocenters. The second-order valence-corrected chi connectivity index (χ2v) is 5.28. The van der Waals surface area contributed by atoms with E-state index < -0.39 is 0 Å². The van der Waals surface area contributed by atoms with Gasteiger partial charge in [-0.1, -0.05) is 22.9 Å². The highest BCUT2D eigenvalue weighted by Gasteiger charge is 2.17. The summed E-state index contributed by atoms with van der Waals surface area (Å²) < 4.78 is 16.2. The summed E-state index contributed by atoms with van der Waals surface area (Å²) in [5.41, 5.74) is 1.90. The maximum atomic E-state index is 13.4. The Labute approximate surface area is 121 Å². The summed E-state index contributed by atoms with van der Waals surface area (Å²) in [5, 5.41) is 7.53. The van der Waals surface area contributed by atoms with E-state index in [-0.39, 0.29) is 11.9 Å². The number of nitrogens with zero attached hydrogens (tertiary/aromatic N) is 2. The van der Waals surface area contributed by atoms with Crippen LogP contribution in [0.2, 0.25) is 0 Å². The van der Waals surface area contributed by atoms with Gasteiger partial charge in [-0.05, 0) is 37.2 Å². The number of nitrogens with one attached hydrogen (secondary N) is 1. The molecule has 1 heterocycles. The Morgan fingerprint density at radius 1 is 1.47 bits per heavy atom. The molecule has 5 heteroatoms. The predicted molar refractivity (Wildman–Crippen MR) is 77.5 cm³/mol. The number of aromatic nitrogens is 2. The highest BCUT2D eigenvalue weighted by atomic mass is 79.9. The third-order valence-electron chi connectivity index (χ3n) is 3.00. The molecule has 1 N–H and O–H groups in total. The van der Waals surface area contributed by atoms with Gasteiger partial charge >= 0.3 is 0 Å². The Balaban J connectivity index is 2.35. The van der Waals surface area contributed by atoms with Gasteiger partial charge in [0.2, 0.25) is 0 Å². The first-order valence-electron chi connectivity index (χ1n) is 6.30. The van der Waals surface area contributed by atoms with Crippen molar-refractivity contribution in [3.8, 4) is 0 Å². The van der Waals surface area contributed by atoms with Crippen molar-refractivity contribution in [1.29, 1.82) is 0 Å². The van der Waals surface area contributed by atoms with E-state index in [2.05, 4.69) is 33.3 Å². The zero-order valence-corrected chi connectivity index (χ0v) is 12.6. The molecule has 0 bridgehead atoms. The first-order valence-corrected chi connectivity index (χ1v) is 7.09. The van der Waals surface area contributed by atoms with Crippen molar-refractivity contribution in [3.05, 3.63) is 52.0 Å². The molecule has 0 saturated heterocycles. The molecule has 0 amide bonds. The van der Waals surface area contributed by atoms with Crippen molar-refractivity contribution in [1.82, 2.24) is 15.1 Å². The van der Waals surface area contributed by atoms with Crippen molar-refractivity contribution in [2.75, 3.05) is 7.05 Å². The van der Waals surface area contributed by atoms with Gasteiger partial charge in [0.05, 0.1) is 12.2 Å². The van der Waals surface area contributed by atoms with Gasteiger partial charge in [0.15, 0.2) is 0 Å². The van der Waals surface area contributed by atoms with Crippen LogP contribution in [0.25, 0.3) is 0 Å². The molecule has 2 rings (SSSR count). The quantitative estimate of drug-likeness (QED) is 0.911. The van der Waals surface area contributed by atoms with Gasteiger partial charge in [-0.15, -0.1) is 0 Å². The molecule has 1 aromatic heterocycles. The summed E-state index contributed by atoms with van der Waals surface area (Å²) in [4.78, 5) is 0. The van der Waals surface area contributed by atoms with Crippen LogP contribution in [-0.2, 0) is 6.54 Å². The SMILES string of the molecule is CCCn1cc(C(NC)c2cc(F)ccc2Br)cn1. The fourth-order valence-electron chi connectivity index (χ4n) is 2.12. The minimum absolute atomic E-state index is 0.0734. The van der Waals surface area contributed by atoms with Crippen LogP contribution in [0.15, 0.2) is 35.1 Å². The van der Waals surface area contributed by atoms with Gasteiger partial charge in [0.1, 0.15) is 5.82 Å². The average Bonchev–Trinajstić information content (AvgIpc) is 2.83. The Kier molecular flexibility index (Phi) is 4.71. The molecule has 102 valence electrons. The fraction of sp³-hybridized carbons (Fsp3) is 0.357. The van der Waals surface area contributed by atoms with E-state index in [4.69, 9.17) is 0 Å². The largest absolute Gasteiger partial charge is 0.309 e. The van der Waals surface area contributed by atoms with Crippen LogP contribution in [0.4, 0.5) is 4.39 Å². The Bertz CT molecular complexity index is 553. The van der Waals surface area contributed by atoms with E-state index >= 15 is 0 Å². The number of halogens is 2. The van der Waals surface area contributed by atoms with Crippen molar-refractivity contribution in [3.63, 3.8) is 0 Å². The van der Waals surface area contributed by atoms with E-state index in [1.165, 1.54) is 6.07 Å². The molecule has 0 aliphatic rings. The molecular weight excluding hydrogens is 309 g/mol. The Morgan fingerprint density at radius 2 is 2.26 bits per heavy atom. The van der Waals surface area contributed by atoms with Gasteiger partial charge in [0.25, 0.3) is 0 Å². The number of hydrogen-bond acceptors (Lipinski definition) is 2. The maximum Gasteiger partial charge on any atom is 0.123 e. The Morgan fingerprint density at radius 3 is 2.95 bits per heavy atom. The summed E-state index contributed by atoms with van der Waals surface area (Å²) >= 11 is 3.47. The van der Waals surface area contributed by atoms with Crippen LogP contribution in [-0.4, -0.2) is 16.8 Å². The number of hydrogen-bond donors (Lipinski definition) is 1. The highest BCUT2D eigenvalue weighted by Crippen LogP contribution is 2.28. The molecule has 3 nitrogen and oxygen atoms in total. The summed E-state index contributed by atoms with van der Waals surface area (Å²) in [6.45, 7) is 3.00. The second-order valence-electron chi connectivity index (χ2n) is 4.42. The van der Waals surface area contributed by atoms with E-state index in [1.807, 2.05) is 24.1 Å². The Hall–Kier alpha value is -1.20. The first kappa shape index (κ1) is 14.2. The van der Waals surface area contributed by atoms with E-state index in [0.717, 1.165) is 28.6 Å². The number of rotatable bonds is 5. The molecular formula is C14H17BrFN3. The van der Waals surface area contributed by atoms with Gasteiger partial charge in [-0.2, -0.15) is 5.10 Å². The molecule has 1 aromatic carbocycles. The van der Waals surface area contributed by atoms with Crippen LogP contribution >= 0.6 is 15.9 Å². The molecule has 2 aromatic rings. The molecule has 1 unspecified atom stereocenters. The minimum Gasteiger partial charge on any atom is -0.309 e. The van der Waals surface area contributed by atoms with Gasteiger partial charge in [0, 0.05) is 22.8 Å². The van der Waals surface area contributed by atoms with Crippen molar-refractivity contribution < 1.29 is 4.39 Å². The maximum absolute atomic E-state index is 13.4. The minimum atomic E-state index is -0.237. The van der Waals surface area contributed by atoms with Crippen molar-refractivity contribution >= 4 is 15.9 Å². The lowest BCUT2D eigenvalue weighted by molar-refractivity contribution is 0.599. The predicted octanol–water partition coefficient (Wildman–Crippen LogP) is 3.50. The van der Waals surface area contributed by atoms with Crippen molar-refractivity contribution in [2.24, 2.45) is 0 Å². The molecule has 0 fully saturated rings. The van der Waals surface area contributed by atoms with E-state index in [0.29, 0.717) is 0 Å². The lowest BCUT2D eigenvalue weighted by Gasteiger charge is -2.16. The summed E-state index contributed by atoms with van der Waals surface area (Å²) in [7, 11) is 1.86. The third kappa shape index (κ3) is 3.22. The van der Waals surface area contributed by atoms with E-state index in [9.17, 15) is 4.39 Å². The van der Waals surface area contributed by atoms with Crippen LogP contribution < -0.4 is 5.32 Å². The van der Waals surface area contributed by atoms with Crippen molar-refractivity contribution in [2.45, 2.75) is 25.9 Å². The molecule has 19 heavy (non-hydrogen) atoms. The molecule has 0 spiro atoms. The molecule has 0 aliphatic carbocycles. The number of aryl methyl sites for hydroxylation is 1. The smallest absolute Gasteiger partial charge is 0.123 e. The van der Waals surface area contributed by atoms with Crippen LogP contribution in [0.5, 0.6) is 0 Å². The second kappa shape index (κ2) is 6.30. The third-order valence-corrected chi connectivity index (χ3v) is 3.72. The zero-order chi connectivity index (χ0) is 13.8. The van der Waals surface area contributed by atoms with Gasteiger partial charge in [-0.3, -0.25) is 4.68 Å².